The molecular formula is C26H25BrN4O4. The molecule has 2 aliphatic rings. The highest BCUT2D eigenvalue weighted by Crippen LogP contribution is 2.41. The van der Waals surface area contributed by atoms with E-state index in [0.29, 0.717) is 25.7 Å². The maximum absolute atomic E-state index is 12.4. The van der Waals surface area contributed by atoms with Crippen molar-refractivity contribution >= 4 is 33.6 Å². The highest BCUT2D eigenvalue weighted by atomic mass is 79.9. The predicted octanol–water partition coefficient (Wildman–Crippen LogP) is 4.65. The monoisotopic (exact) mass is 536 g/mol. The molecule has 9 heteroatoms. The molecule has 0 radical (unpaired) electrons. The molecule has 5 rings (SSSR count). The van der Waals surface area contributed by atoms with Crippen LogP contribution in [0.5, 0.6) is 0 Å². The molecule has 3 aromatic rings. The van der Waals surface area contributed by atoms with Gasteiger partial charge in [-0.1, -0.05) is 22.0 Å². The lowest BCUT2D eigenvalue weighted by molar-refractivity contribution is -0.170. The number of fused-ring (bicyclic) bond motifs is 3. The Bertz CT molecular complexity index is 1310. The van der Waals surface area contributed by atoms with Crippen molar-refractivity contribution in [1.29, 1.82) is 0 Å². The number of halogens is 1. The third-order valence-corrected chi connectivity index (χ3v) is 6.67. The maximum Gasteiger partial charge on any atom is 0.350 e. The van der Waals surface area contributed by atoms with Gasteiger partial charge >= 0.3 is 11.9 Å². The molecule has 0 spiro atoms. The second kappa shape index (κ2) is 9.37. The first-order valence-electron chi connectivity index (χ1n) is 11.6. The molecule has 1 atom stereocenters. The number of aliphatic imine (C=N–C) groups is 1. The van der Waals surface area contributed by atoms with Gasteiger partial charge in [0.1, 0.15) is 11.9 Å². The number of carbonyl (C=O) groups is 2. The summed E-state index contributed by atoms with van der Waals surface area (Å²) in [6.45, 7) is 3.54. The summed E-state index contributed by atoms with van der Waals surface area (Å²) in [5, 5.41) is 0. The van der Waals surface area contributed by atoms with Crippen LogP contribution in [-0.4, -0.2) is 44.4 Å². The zero-order valence-electron chi connectivity index (χ0n) is 19.5. The van der Waals surface area contributed by atoms with Crippen molar-refractivity contribution in [2.24, 2.45) is 4.99 Å². The summed E-state index contributed by atoms with van der Waals surface area (Å²) in [6, 6.07) is 11.6. The van der Waals surface area contributed by atoms with Crippen LogP contribution in [-0.2, 0) is 19.1 Å². The number of carbonyl (C=O) groups excluding carboxylic acids is 2. The Hall–Kier alpha value is -3.33. The van der Waals surface area contributed by atoms with Crippen LogP contribution in [0.25, 0.3) is 5.69 Å². The van der Waals surface area contributed by atoms with Crippen LogP contribution in [0.1, 0.15) is 61.4 Å². The van der Waals surface area contributed by atoms with Crippen molar-refractivity contribution in [3.05, 3.63) is 76.0 Å². The molecule has 1 aliphatic heterocycles. The van der Waals surface area contributed by atoms with Gasteiger partial charge < -0.3 is 9.47 Å². The van der Waals surface area contributed by atoms with Crippen LogP contribution in [0.15, 0.2) is 58.3 Å². The molecule has 2 aromatic heterocycles. The molecule has 3 heterocycles. The van der Waals surface area contributed by atoms with Crippen LogP contribution >= 0.6 is 15.9 Å². The fourth-order valence-electron chi connectivity index (χ4n) is 4.39. The molecular weight excluding hydrogens is 512 g/mol. The number of hydrogen-bond donors (Lipinski definition) is 0. The lowest BCUT2D eigenvalue weighted by Gasteiger charge is -2.16. The van der Waals surface area contributed by atoms with Gasteiger partial charge in [0.25, 0.3) is 0 Å². The average Bonchev–Trinajstić information content (AvgIpc) is 3.54. The van der Waals surface area contributed by atoms with Crippen LogP contribution in [0, 0.1) is 6.92 Å². The summed E-state index contributed by atoms with van der Waals surface area (Å²) in [6.07, 6.45) is 5.83. The molecule has 180 valence electrons. The summed E-state index contributed by atoms with van der Waals surface area (Å²) in [7, 11) is 0. The average molecular weight is 537 g/mol. The Labute approximate surface area is 211 Å². The van der Waals surface area contributed by atoms with Crippen molar-refractivity contribution in [2.75, 3.05) is 6.61 Å². The fourth-order valence-corrected chi connectivity index (χ4v) is 4.75. The van der Waals surface area contributed by atoms with Crippen molar-refractivity contribution < 1.29 is 19.1 Å². The number of hydrogen-bond acceptors (Lipinski definition) is 7. The molecule has 0 unspecified atom stereocenters. The van der Waals surface area contributed by atoms with Gasteiger partial charge in [-0.25, -0.2) is 9.78 Å². The van der Waals surface area contributed by atoms with Gasteiger partial charge in [0, 0.05) is 47.9 Å². The molecule has 1 aromatic carbocycles. The smallest absolute Gasteiger partial charge is 0.350 e. The van der Waals surface area contributed by atoms with Gasteiger partial charge in [-0.2, -0.15) is 0 Å². The van der Waals surface area contributed by atoms with Gasteiger partial charge in [-0.15, -0.1) is 0 Å². The van der Waals surface area contributed by atoms with Gasteiger partial charge in [-0.3, -0.25) is 19.3 Å². The first-order valence-corrected chi connectivity index (χ1v) is 12.4. The standard InChI is InChI=1S/C26H25BrN4O4/c1-16-15-29-24-21(7-5-13-34-25(33)26(10-11-26)35-17(2)32)30-23(20-6-3-4-12-28-20)19-14-18(27)8-9-22(19)31(16)24/h3-4,6,8-9,12,14-15,21H,5,7,10-11,13H2,1-2H3/t21-/m0/s1. The van der Waals surface area contributed by atoms with Gasteiger partial charge in [-0.05, 0) is 50.1 Å². The summed E-state index contributed by atoms with van der Waals surface area (Å²) in [4.78, 5) is 38.1. The number of imidazole rings is 1. The first-order chi connectivity index (χ1) is 16.9. The molecule has 8 nitrogen and oxygen atoms in total. The molecule has 1 saturated carbocycles. The van der Waals surface area contributed by atoms with Crippen LogP contribution in [0.2, 0.25) is 0 Å². The summed E-state index contributed by atoms with van der Waals surface area (Å²) >= 11 is 3.60. The molecule has 1 fully saturated rings. The molecule has 0 N–H and O–H groups in total. The quantitative estimate of drug-likeness (QED) is 0.322. The molecule has 35 heavy (non-hydrogen) atoms. The van der Waals surface area contributed by atoms with Gasteiger partial charge in [0.2, 0.25) is 5.60 Å². The number of pyridine rings is 1. The molecule has 0 saturated heterocycles. The zero-order valence-corrected chi connectivity index (χ0v) is 21.1. The summed E-state index contributed by atoms with van der Waals surface area (Å²) in [5.41, 5.74) is 3.46. The highest BCUT2D eigenvalue weighted by molar-refractivity contribution is 9.10. The van der Waals surface area contributed by atoms with Gasteiger partial charge in [0.15, 0.2) is 0 Å². The van der Waals surface area contributed by atoms with Crippen molar-refractivity contribution in [1.82, 2.24) is 14.5 Å². The Morgan fingerprint density at radius 1 is 1.20 bits per heavy atom. The Morgan fingerprint density at radius 3 is 2.74 bits per heavy atom. The van der Waals surface area contributed by atoms with E-state index < -0.39 is 17.5 Å². The lowest BCUT2D eigenvalue weighted by Crippen LogP contribution is -2.30. The Kier molecular flexibility index (Phi) is 6.27. The highest BCUT2D eigenvalue weighted by Gasteiger charge is 2.55. The van der Waals surface area contributed by atoms with Crippen molar-refractivity contribution in [2.45, 2.75) is 51.2 Å². The van der Waals surface area contributed by atoms with Crippen LogP contribution < -0.4 is 0 Å². The van der Waals surface area contributed by atoms with E-state index in [9.17, 15) is 9.59 Å². The fraction of sp³-hybridized carbons (Fsp3) is 0.346. The topological polar surface area (TPSA) is 95.7 Å². The first kappa shape index (κ1) is 23.4. The van der Waals surface area contributed by atoms with E-state index in [1.807, 2.05) is 37.4 Å². The second-order valence-electron chi connectivity index (χ2n) is 8.83. The number of aromatic nitrogens is 3. The summed E-state index contributed by atoms with van der Waals surface area (Å²) in [5.74, 6) is -0.106. The number of benzene rings is 1. The van der Waals surface area contributed by atoms with E-state index in [2.05, 4.69) is 37.6 Å². The van der Waals surface area contributed by atoms with Crippen LogP contribution in [0.3, 0.4) is 0 Å². The van der Waals surface area contributed by atoms with Crippen LogP contribution in [0.4, 0.5) is 0 Å². The molecule has 1 aliphatic carbocycles. The van der Waals surface area contributed by atoms with E-state index in [4.69, 9.17) is 19.5 Å². The lowest BCUT2D eigenvalue weighted by atomic mass is 10.0. The number of ether oxygens (including phenoxy) is 2. The Morgan fingerprint density at radius 2 is 2.03 bits per heavy atom. The number of nitrogens with zero attached hydrogens (tertiary/aromatic N) is 4. The third-order valence-electron chi connectivity index (χ3n) is 6.18. The largest absolute Gasteiger partial charge is 0.463 e. The predicted molar refractivity (Wildman–Crippen MR) is 133 cm³/mol. The number of aryl methyl sites for hydroxylation is 1. The Balaban J connectivity index is 1.41. The minimum Gasteiger partial charge on any atom is -0.463 e. The van der Waals surface area contributed by atoms with E-state index in [0.717, 1.165) is 38.6 Å². The molecule has 0 bridgehead atoms. The van der Waals surface area contributed by atoms with Crippen molar-refractivity contribution in [3.63, 3.8) is 0 Å². The SMILES string of the molecule is CC(=O)OC1(C(=O)OCCC[C@@H]2N=C(c3ccccn3)c3cc(Br)ccc3-n3c(C)cnc32)CC1. The van der Waals surface area contributed by atoms with E-state index in [1.54, 1.807) is 6.20 Å². The number of esters is 2. The van der Waals surface area contributed by atoms with E-state index in [1.165, 1.54) is 6.92 Å². The van der Waals surface area contributed by atoms with Crippen molar-refractivity contribution in [3.8, 4) is 5.69 Å². The summed E-state index contributed by atoms with van der Waals surface area (Å²) < 4.78 is 13.7. The minimum absolute atomic E-state index is 0.213. The number of rotatable bonds is 7. The van der Waals surface area contributed by atoms with E-state index >= 15 is 0 Å². The zero-order chi connectivity index (χ0) is 24.6. The molecule has 0 amide bonds. The maximum atomic E-state index is 12.4. The van der Waals surface area contributed by atoms with E-state index in [-0.39, 0.29) is 12.6 Å². The minimum atomic E-state index is -1.08. The second-order valence-corrected chi connectivity index (χ2v) is 9.74. The normalized spacial score (nSPS) is 17.5. The van der Waals surface area contributed by atoms with Gasteiger partial charge in [0.05, 0.1) is 23.7 Å². The third kappa shape index (κ3) is 4.65.